The van der Waals surface area contributed by atoms with E-state index in [2.05, 4.69) is 4.98 Å². The Morgan fingerprint density at radius 3 is 2.72 bits per heavy atom. The summed E-state index contributed by atoms with van der Waals surface area (Å²) in [6.07, 6.45) is 3.64. The van der Waals surface area contributed by atoms with E-state index in [-0.39, 0.29) is 5.78 Å². The van der Waals surface area contributed by atoms with E-state index in [1.807, 2.05) is 41.1 Å². The van der Waals surface area contributed by atoms with E-state index in [0.29, 0.717) is 36.0 Å². The molecule has 0 radical (unpaired) electrons. The molecule has 0 bridgehead atoms. The van der Waals surface area contributed by atoms with Crippen molar-refractivity contribution in [3.63, 3.8) is 0 Å². The molecule has 1 aromatic heterocycles. The first-order chi connectivity index (χ1) is 12.3. The highest BCUT2D eigenvalue weighted by atomic mass is 32.2. The molecule has 0 saturated carbocycles. The van der Waals surface area contributed by atoms with Gasteiger partial charge in [0, 0.05) is 23.6 Å². The third kappa shape index (κ3) is 3.39. The molecule has 126 valence electrons. The van der Waals surface area contributed by atoms with Gasteiger partial charge in [-0.1, -0.05) is 30.0 Å². The second kappa shape index (κ2) is 7.03. The molecule has 2 aromatic carbocycles. The summed E-state index contributed by atoms with van der Waals surface area (Å²) >= 11 is 1.42. The third-order valence-electron chi connectivity index (χ3n) is 3.84. The molecule has 3 aromatic rings. The monoisotopic (exact) mass is 352 g/mol. The zero-order chi connectivity index (χ0) is 17.1. The third-order valence-corrected chi connectivity index (χ3v) is 4.80. The summed E-state index contributed by atoms with van der Waals surface area (Å²) in [6.45, 7) is 1.05. The summed E-state index contributed by atoms with van der Waals surface area (Å²) < 4.78 is 13.0. The topological polar surface area (TPSA) is 53.4 Å². The fourth-order valence-electron chi connectivity index (χ4n) is 2.61. The van der Waals surface area contributed by atoms with Crippen molar-refractivity contribution in [3.8, 4) is 17.2 Å². The first-order valence-electron chi connectivity index (χ1n) is 7.96. The van der Waals surface area contributed by atoms with Gasteiger partial charge in [-0.05, 0) is 30.3 Å². The lowest BCUT2D eigenvalue weighted by molar-refractivity contribution is 0.102. The Bertz CT molecular complexity index is 893. The molecule has 4 rings (SSSR count). The molecule has 6 heteroatoms. The lowest BCUT2D eigenvalue weighted by Gasteiger charge is -2.18. The van der Waals surface area contributed by atoms with Gasteiger partial charge in [0.2, 0.25) is 0 Å². The van der Waals surface area contributed by atoms with Crippen LogP contribution in [0.15, 0.2) is 66.1 Å². The number of para-hydroxylation sites is 1. The van der Waals surface area contributed by atoms with Crippen LogP contribution >= 0.6 is 11.8 Å². The first-order valence-corrected chi connectivity index (χ1v) is 8.94. The van der Waals surface area contributed by atoms with Crippen LogP contribution in [0.1, 0.15) is 10.4 Å². The maximum absolute atomic E-state index is 12.5. The summed E-state index contributed by atoms with van der Waals surface area (Å²) in [7, 11) is 0. The van der Waals surface area contributed by atoms with Crippen LogP contribution in [-0.2, 0) is 0 Å². The summed E-state index contributed by atoms with van der Waals surface area (Å²) in [5.41, 5.74) is 1.64. The molecule has 2 heterocycles. The number of ether oxygens (including phenoxy) is 2. The number of hydrogen-bond donors (Lipinski definition) is 0. The van der Waals surface area contributed by atoms with Crippen LogP contribution in [0.4, 0.5) is 0 Å². The molecule has 5 nitrogen and oxygen atoms in total. The molecule has 0 unspecified atom stereocenters. The Morgan fingerprint density at radius 1 is 1.08 bits per heavy atom. The number of imidazole rings is 1. The molecule has 1 aliphatic rings. The smallest absolute Gasteiger partial charge is 0.173 e. The highest BCUT2D eigenvalue weighted by Gasteiger charge is 2.16. The fraction of sp³-hybridized carbons (Fsp3) is 0.158. The Labute approximate surface area is 149 Å². The second-order valence-corrected chi connectivity index (χ2v) is 6.43. The van der Waals surface area contributed by atoms with Crippen molar-refractivity contribution in [1.82, 2.24) is 9.55 Å². The number of benzene rings is 2. The van der Waals surface area contributed by atoms with Gasteiger partial charge in [-0.2, -0.15) is 0 Å². The molecule has 0 amide bonds. The van der Waals surface area contributed by atoms with Gasteiger partial charge in [-0.25, -0.2) is 4.98 Å². The lowest BCUT2D eigenvalue weighted by Crippen LogP contribution is -2.16. The zero-order valence-electron chi connectivity index (χ0n) is 13.4. The van der Waals surface area contributed by atoms with Crippen LogP contribution in [-0.4, -0.2) is 34.3 Å². The fourth-order valence-corrected chi connectivity index (χ4v) is 3.48. The van der Waals surface area contributed by atoms with Crippen LogP contribution in [0, 0.1) is 0 Å². The molecule has 0 N–H and O–H groups in total. The second-order valence-electron chi connectivity index (χ2n) is 5.49. The van der Waals surface area contributed by atoms with Crippen molar-refractivity contribution < 1.29 is 14.3 Å². The SMILES string of the molecule is O=C(CSc1nccn1-c1ccccc1)c1ccc2c(c1)OCCO2. The van der Waals surface area contributed by atoms with E-state index < -0.39 is 0 Å². The average Bonchev–Trinajstić information content (AvgIpc) is 3.15. The Balaban J connectivity index is 1.47. The van der Waals surface area contributed by atoms with Crippen LogP contribution < -0.4 is 9.47 Å². The van der Waals surface area contributed by atoms with Crippen molar-refractivity contribution in [2.75, 3.05) is 19.0 Å². The number of Topliss-reactive ketones (excluding diaryl/α,β-unsaturated/α-hetero) is 1. The average molecular weight is 352 g/mol. The molecule has 0 fully saturated rings. The predicted molar refractivity (Wildman–Crippen MR) is 96.1 cm³/mol. The molecule has 0 saturated heterocycles. The summed E-state index contributed by atoms with van der Waals surface area (Å²) in [4.78, 5) is 16.9. The minimum Gasteiger partial charge on any atom is -0.486 e. The number of thioether (sulfide) groups is 1. The van der Waals surface area contributed by atoms with Crippen LogP contribution in [0.3, 0.4) is 0 Å². The van der Waals surface area contributed by atoms with Crippen molar-refractivity contribution in [1.29, 1.82) is 0 Å². The van der Waals surface area contributed by atoms with E-state index in [9.17, 15) is 4.79 Å². The molecular formula is C19H16N2O3S. The minimum absolute atomic E-state index is 0.0320. The molecule has 0 atom stereocenters. The number of rotatable bonds is 5. The van der Waals surface area contributed by atoms with E-state index in [1.165, 1.54) is 11.8 Å². The lowest BCUT2D eigenvalue weighted by atomic mass is 10.1. The Hall–Kier alpha value is -2.73. The van der Waals surface area contributed by atoms with Gasteiger partial charge in [-0.3, -0.25) is 9.36 Å². The molecule has 1 aliphatic heterocycles. The van der Waals surface area contributed by atoms with E-state index in [4.69, 9.17) is 9.47 Å². The van der Waals surface area contributed by atoms with Gasteiger partial charge >= 0.3 is 0 Å². The van der Waals surface area contributed by atoms with Gasteiger partial charge in [0.1, 0.15) is 13.2 Å². The van der Waals surface area contributed by atoms with Gasteiger partial charge in [0.25, 0.3) is 0 Å². The number of ketones is 1. The van der Waals surface area contributed by atoms with Crippen LogP contribution in [0.5, 0.6) is 11.5 Å². The standard InChI is InChI=1S/C19H16N2O3S/c22-16(14-6-7-17-18(12-14)24-11-10-23-17)13-25-19-20-8-9-21(19)15-4-2-1-3-5-15/h1-9,12H,10-11,13H2. The minimum atomic E-state index is 0.0320. The van der Waals surface area contributed by atoms with Gasteiger partial charge < -0.3 is 9.47 Å². The number of carbonyl (C=O) groups excluding carboxylic acids is 1. The van der Waals surface area contributed by atoms with Crippen molar-refractivity contribution in [3.05, 3.63) is 66.5 Å². The Kier molecular flexibility index (Phi) is 4.43. The quantitative estimate of drug-likeness (QED) is 0.518. The van der Waals surface area contributed by atoms with Crippen molar-refractivity contribution in [2.45, 2.75) is 5.16 Å². The number of nitrogens with zero attached hydrogens (tertiary/aromatic N) is 2. The van der Waals surface area contributed by atoms with Gasteiger partial charge in [-0.15, -0.1) is 0 Å². The van der Waals surface area contributed by atoms with Gasteiger partial charge in [0.05, 0.1) is 5.75 Å². The van der Waals surface area contributed by atoms with E-state index >= 15 is 0 Å². The molecule has 0 spiro atoms. The maximum Gasteiger partial charge on any atom is 0.173 e. The van der Waals surface area contributed by atoms with E-state index in [1.54, 1.807) is 24.4 Å². The molecular weight excluding hydrogens is 336 g/mol. The number of hydrogen-bond acceptors (Lipinski definition) is 5. The van der Waals surface area contributed by atoms with Crippen LogP contribution in [0.2, 0.25) is 0 Å². The van der Waals surface area contributed by atoms with Crippen molar-refractivity contribution >= 4 is 17.5 Å². The van der Waals surface area contributed by atoms with Gasteiger partial charge in [0.15, 0.2) is 22.4 Å². The number of aromatic nitrogens is 2. The summed E-state index contributed by atoms with van der Waals surface area (Å²) in [5.74, 6) is 1.66. The number of carbonyl (C=O) groups is 1. The predicted octanol–water partition coefficient (Wildman–Crippen LogP) is 3.62. The highest BCUT2D eigenvalue weighted by Crippen LogP contribution is 2.31. The van der Waals surface area contributed by atoms with Crippen molar-refractivity contribution in [2.24, 2.45) is 0 Å². The maximum atomic E-state index is 12.5. The first kappa shape index (κ1) is 15.8. The largest absolute Gasteiger partial charge is 0.486 e. The normalized spacial score (nSPS) is 12.8. The van der Waals surface area contributed by atoms with Crippen LogP contribution in [0.25, 0.3) is 5.69 Å². The summed E-state index contributed by atoms with van der Waals surface area (Å²) in [5, 5.41) is 0.789. The Morgan fingerprint density at radius 2 is 1.88 bits per heavy atom. The highest BCUT2D eigenvalue weighted by molar-refractivity contribution is 7.99. The van der Waals surface area contributed by atoms with E-state index in [0.717, 1.165) is 10.8 Å². The number of fused-ring (bicyclic) bond motifs is 1. The molecule has 25 heavy (non-hydrogen) atoms. The molecule has 0 aliphatic carbocycles. The zero-order valence-corrected chi connectivity index (χ0v) is 14.2. The summed E-state index contributed by atoms with van der Waals surface area (Å²) in [6, 6.07) is 15.3.